The highest BCUT2D eigenvalue weighted by Gasteiger charge is 2.22. The molecule has 6 heteroatoms. The Balaban J connectivity index is 1.62. The van der Waals surface area contributed by atoms with Crippen LogP contribution in [0.25, 0.3) is 0 Å². The second-order valence-corrected chi connectivity index (χ2v) is 7.57. The Morgan fingerprint density at radius 1 is 1.11 bits per heavy atom. The molecule has 0 aromatic heterocycles. The molecule has 0 bridgehead atoms. The summed E-state index contributed by atoms with van der Waals surface area (Å²) in [6, 6.07) is 13.8. The van der Waals surface area contributed by atoms with E-state index in [0.717, 1.165) is 24.1 Å². The summed E-state index contributed by atoms with van der Waals surface area (Å²) in [7, 11) is 6.05. The standard InChI is InChI=1S/C22H28N4O2/c1-15-5-8-18(9-6-15)24-22(28)21(27)23-14-20(25(2)3)16-7-10-19-17(13-16)11-12-26(19)4/h5-10,13,20H,11-12,14H2,1-4H3,(H,23,27)(H,24,28). The Morgan fingerprint density at radius 2 is 1.82 bits per heavy atom. The SMILES string of the molecule is Cc1ccc(NC(=O)C(=O)NCC(c2ccc3c(c2)CCN3C)N(C)C)cc1. The first-order valence-electron chi connectivity index (χ1n) is 9.51. The van der Waals surface area contributed by atoms with Crippen molar-refractivity contribution in [3.05, 3.63) is 59.2 Å². The molecule has 0 saturated heterocycles. The summed E-state index contributed by atoms with van der Waals surface area (Å²) < 4.78 is 0. The highest BCUT2D eigenvalue weighted by atomic mass is 16.2. The van der Waals surface area contributed by atoms with Crippen molar-refractivity contribution in [1.29, 1.82) is 0 Å². The molecule has 2 N–H and O–H groups in total. The van der Waals surface area contributed by atoms with Gasteiger partial charge in [0.2, 0.25) is 0 Å². The molecule has 0 spiro atoms. The molecule has 0 fully saturated rings. The molecule has 28 heavy (non-hydrogen) atoms. The zero-order chi connectivity index (χ0) is 20.3. The lowest BCUT2D eigenvalue weighted by atomic mass is 10.0. The first-order chi connectivity index (χ1) is 13.3. The third kappa shape index (κ3) is 4.51. The van der Waals surface area contributed by atoms with E-state index >= 15 is 0 Å². The predicted octanol–water partition coefficient (Wildman–Crippen LogP) is 2.34. The van der Waals surface area contributed by atoms with Gasteiger partial charge >= 0.3 is 11.8 Å². The maximum Gasteiger partial charge on any atom is 0.313 e. The van der Waals surface area contributed by atoms with E-state index in [-0.39, 0.29) is 6.04 Å². The highest BCUT2D eigenvalue weighted by molar-refractivity contribution is 6.39. The number of likely N-dealkylation sites (N-methyl/N-ethyl adjacent to an activating group) is 2. The van der Waals surface area contributed by atoms with Crippen LogP contribution in [0.5, 0.6) is 0 Å². The Kier molecular flexibility index (Phi) is 5.99. The topological polar surface area (TPSA) is 64.7 Å². The van der Waals surface area contributed by atoms with Gasteiger partial charge in [-0.1, -0.05) is 29.8 Å². The summed E-state index contributed by atoms with van der Waals surface area (Å²) in [5, 5.41) is 5.40. The van der Waals surface area contributed by atoms with Gasteiger partial charge in [-0.2, -0.15) is 0 Å². The number of benzene rings is 2. The molecule has 148 valence electrons. The Labute approximate surface area is 166 Å². The molecule has 0 radical (unpaired) electrons. The Morgan fingerprint density at radius 3 is 2.50 bits per heavy atom. The van der Waals surface area contributed by atoms with Gasteiger partial charge in [-0.05, 0) is 56.8 Å². The van der Waals surface area contributed by atoms with Crippen LogP contribution in [0.1, 0.15) is 22.7 Å². The lowest BCUT2D eigenvalue weighted by Crippen LogP contribution is -2.40. The molecule has 1 atom stereocenters. The summed E-state index contributed by atoms with van der Waals surface area (Å²) in [5.74, 6) is -1.29. The molecule has 1 aliphatic heterocycles. The summed E-state index contributed by atoms with van der Waals surface area (Å²) >= 11 is 0. The second kappa shape index (κ2) is 8.44. The van der Waals surface area contributed by atoms with E-state index in [1.54, 1.807) is 12.1 Å². The van der Waals surface area contributed by atoms with E-state index in [9.17, 15) is 9.59 Å². The lowest BCUT2D eigenvalue weighted by molar-refractivity contribution is -0.136. The first kappa shape index (κ1) is 19.9. The number of carbonyl (C=O) groups is 2. The Bertz CT molecular complexity index is 861. The monoisotopic (exact) mass is 380 g/mol. The molecule has 1 aliphatic rings. The van der Waals surface area contributed by atoms with Gasteiger partial charge in [0.25, 0.3) is 0 Å². The molecular formula is C22H28N4O2. The van der Waals surface area contributed by atoms with Crippen molar-refractivity contribution in [2.24, 2.45) is 0 Å². The van der Waals surface area contributed by atoms with Crippen LogP contribution in [-0.2, 0) is 16.0 Å². The van der Waals surface area contributed by atoms with E-state index in [1.165, 1.54) is 11.3 Å². The van der Waals surface area contributed by atoms with Crippen LogP contribution in [0.3, 0.4) is 0 Å². The van der Waals surface area contributed by atoms with E-state index in [2.05, 4.69) is 45.7 Å². The molecule has 6 nitrogen and oxygen atoms in total. The van der Waals surface area contributed by atoms with Crippen LogP contribution in [0, 0.1) is 6.92 Å². The summed E-state index contributed by atoms with van der Waals surface area (Å²) in [5.41, 5.74) is 5.44. The molecule has 0 aliphatic carbocycles. The van der Waals surface area contributed by atoms with Crippen LogP contribution in [-0.4, -0.2) is 50.9 Å². The number of hydrogen-bond acceptors (Lipinski definition) is 4. The number of hydrogen-bond donors (Lipinski definition) is 2. The zero-order valence-electron chi connectivity index (χ0n) is 17.0. The minimum absolute atomic E-state index is 0.00710. The molecule has 1 unspecified atom stereocenters. The molecule has 0 saturated carbocycles. The maximum atomic E-state index is 12.3. The average molecular weight is 380 g/mol. The van der Waals surface area contributed by atoms with E-state index in [4.69, 9.17) is 0 Å². The van der Waals surface area contributed by atoms with Gasteiger partial charge in [0.05, 0.1) is 6.04 Å². The van der Waals surface area contributed by atoms with Gasteiger partial charge in [0.15, 0.2) is 0 Å². The molecule has 2 amide bonds. The van der Waals surface area contributed by atoms with Gasteiger partial charge in [-0.25, -0.2) is 0 Å². The van der Waals surface area contributed by atoms with Gasteiger partial charge < -0.3 is 20.4 Å². The predicted molar refractivity (Wildman–Crippen MR) is 113 cm³/mol. The van der Waals surface area contributed by atoms with Crippen molar-refractivity contribution < 1.29 is 9.59 Å². The number of carbonyl (C=O) groups excluding carboxylic acids is 2. The molecule has 1 heterocycles. The number of fused-ring (bicyclic) bond motifs is 1. The quantitative estimate of drug-likeness (QED) is 0.782. The number of amides is 2. The largest absolute Gasteiger partial charge is 0.374 e. The van der Waals surface area contributed by atoms with Crippen molar-refractivity contribution in [3.8, 4) is 0 Å². The maximum absolute atomic E-state index is 12.3. The minimum Gasteiger partial charge on any atom is -0.374 e. The summed E-state index contributed by atoms with van der Waals surface area (Å²) in [6.07, 6.45) is 1.03. The van der Waals surface area contributed by atoms with Crippen LogP contribution in [0.15, 0.2) is 42.5 Å². The van der Waals surface area contributed by atoms with Crippen LogP contribution >= 0.6 is 0 Å². The number of nitrogens with zero attached hydrogens (tertiary/aromatic N) is 2. The minimum atomic E-state index is -0.656. The van der Waals surface area contributed by atoms with E-state index in [1.807, 2.05) is 33.2 Å². The normalized spacial score (nSPS) is 14.0. The molecule has 2 aromatic carbocycles. The van der Waals surface area contributed by atoms with Crippen molar-refractivity contribution in [2.75, 3.05) is 44.4 Å². The van der Waals surface area contributed by atoms with Crippen molar-refractivity contribution in [3.63, 3.8) is 0 Å². The lowest BCUT2D eigenvalue weighted by Gasteiger charge is -2.26. The van der Waals surface area contributed by atoms with Crippen molar-refractivity contribution in [2.45, 2.75) is 19.4 Å². The van der Waals surface area contributed by atoms with E-state index in [0.29, 0.717) is 12.2 Å². The van der Waals surface area contributed by atoms with Crippen LogP contribution in [0.4, 0.5) is 11.4 Å². The average Bonchev–Trinajstić information content (AvgIpc) is 3.03. The van der Waals surface area contributed by atoms with Crippen molar-refractivity contribution in [1.82, 2.24) is 10.2 Å². The van der Waals surface area contributed by atoms with Crippen molar-refractivity contribution >= 4 is 23.2 Å². The van der Waals surface area contributed by atoms with Gasteiger partial charge in [0.1, 0.15) is 0 Å². The molecular weight excluding hydrogens is 352 g/mol. The molecule has 3 rings (SSSR count). The van der Waals surface area contributed by atoms with Crippen LogP contribution in [0.2, 0.25) is 0 Å². The number of rotatable bonds is 5. The van der Waals surface area contributed by atoms with Gasteiger partial charge in [-0.15, -0.1) is 0 Å². The number of anilines is 2. The highest BCUT2D eigenvalue weighted by Crippen LogP contribution is 2.30. The third-order valence-corrected chi connectivity index (χ3v) is 5.21. The molecule has 2 aromatic rings. The number of aryl methyl sites for hydroxylation is 1. The number of nitrogens with one attached hydrogen (secondary N) is 2. The summed E-state index contributed by atoms with van der Waals surface area (Å²) in [4.78, 5) is 28.7. The second-order valence-electron chi connectivity index (χ2n) is 7.57. The van der Waals surface area contributed by atoms with E-state index < -0.39 is 11.8 Å². The van der Waals surface area contributed by atoms with Gasteiger partial charge in [-0.3, -0.25) is 9.59 Å². The fourth-order valence-electron chi connectivity index (χ4n) is 3.49. The summed E-state index contributed by atoms with van der Waals surface area (Å²) in [6.45, 7) is 3.36. The fourth-order valence-corrected chi connectivity index (χ4v) is 3.49. The van der Waals surface area contributed by atoms with Gasteiger partial charge in [0, 0.05) is 31.5 Å². The zero-order valence-corrected chi connectivity index (χ0v) is 17.0. The van der Waals surface area contributed by atoms with Crippen LogP contribution < -0.4 is 15.5 Å². The fraction of sp³-hybridized carbons (Fsp3) is 0.364. The smallest absolute Gasteiger partial charge is 0.313 e. The first-order valence-corrected chi connectivity index (χ1v) is 9.51. The Hall–Kier alpha value is -2.86. The third-order valence-electron chi connectivity index (χ3n) is 5.21.